The lowest BCUT2D eigenvalue weighted by Gasteiger charge is -2.10. The highest BCUT2D eigenvalue weighted by molar-refractivity contribution is 5.77. The van der Waals surface area contributed by atoms with Gasteiger partial charge in [0.25, 0.3) is 0 Å². The van der Waals surface area contributed by atoms with Crippen molar-refractivity contribution in [1.29, 1.82) is 0 Å². The predicted octanol–water partition coefficient (Wildman–Crippen LogP) is 1.49. The molecule has 4 heteroatoms. The van der Waals surface area contributed by atoms with E-state index in [1.165, 1.54) is 14.2 Å². The van der Waals surface area contributed by atoms with Crippen LogP contribution in [0.2, 0.25) is 0 Å². The minimum Gasteiger partial charge on any atom is -0.468 e. The monoisotopic (exact) mass is 198 g/mol. The van der Waals surface area contributed by atoms with Gasteiger partial charge in [-0.25, -0.2) is 0 Å². The van der Waals surface area contributed by atoms with Crippen LogP contribution in [0, 0.1) is 6.92 Å². The van der Waals surface area contributed by atoms with Crippen molar-refractivity contribution in [2.75, 3.05) is 20.8 Å². The highest BCUT2D eigenvalue weighted by atomic mass is 16.5. The second kappa shape index (κ2) is 4.81. The van der Waals surface area contributed by atoms with Gasteiger partial charge in [0.15, 0.2) is 0 Å². The van der Waals surface area contributed by atoms with E-state index in [9.17, 15) is 4.79 Å². The van der Waals surface area contributed by atoms with Gasteiger partial charge in [-0.1, -0.05) is 0 Å². The number of carbonyl (C=O) groups excluding carboxylic acids is 1. The number of furan rings is 1. The zero-order chi connectivity index (χ0) is 10.6. The second-order valence-electron chi connectivity index (χ2n) is 2.98. The van der Waals surface area contributed by atoms with E-state index in [-0.39, 0.29) is 12.6 Å². The van der Waals surface area contributed by atoms with Gasteiger partial charge in [-0.15, -0.1) is 0 Å². The molecule has 4 nitrogen and oxygen atoms in total. The number of aryl methyl sites for hydroxylation is 1. The number of hydrogen-bond donors (Lipinski definition) is 0. The Bertz CT molecular complexity index is 303. The lowest BCUT2D eigenvalue weighted by molar-refractivity contribution is -0.144. The molecule has 78 valence electrons. The number of carbonyl (C=O) groups is 1. The molecule has 0 fully saturated rings. The molecule has 0 amide bonds. The van der Waals surface area contributed by atoms with Crippen molar-refractivity contribution in [2.24, 2.45) is 0 Å². The Labute approximate surface area is 82.8 Å². The van der Waals surface area contributed by atoms with E-state index < -0.39 is 5.92 Å². The summed E-state index contributed by atoms with van der Waals surface area (Å²) < 4.78 is 14.9. The first kappa shape index (κ1) is 10.8. The summed E-state index contributed by atoms with van der Waals surface area (Å²) in [6, 6.07) is 3.57. The van der Waals surface area contributed by atoms with E-state index >= 15 is 0 Å². The first-order valence-electron chi connectivity index (χ1n) is 4.32. The molecular formula is C10H14O4. The molecular weight excluding hydrogens is 184 g/mol. The zero-order valence-electron chi connectivity index (χ0n) is 8.57. The van der Waals surface area contributed by atoms with E-state index in [0.29, 0.717) is 5.76 Å². The van der Waals surface area contributed by atoms with E-state index in [1.54, 1.807) is 12.1 Å². The average Bonchev–Trinajstić information content (AvgIpc) is 2.60. The Kier molecular flexibility index (Phi) is 3.71. The van der Waals surface area contributed by atoms with Crippen molar-refractivity contribution in [1.82, 2.24) is 0 Å². The first-order chi connectivity index (χ1) is 6.69. The molecule has 0 aliphatic carbocycles. The lowest BCUT2D eigenvalue weighted by atomic mass is 10.1. The summed E-state index contributed by atoms with van der Waals surface area (Å²) in [5, 5.41) is 0. The van der Waals surface area contributed by atoms with Crippen molar-refractivity contribution in [3.63, 3.8) is 0 Å². The van der Waals surface area contributed by atoms with Crippen molar-refractivity contribution >= 4 is 5.97 Å². The van der Waals surface area contributed by atoms with Crippen molar-refractivity contribution in [3.05, 3.63) is 23.7 Å². The normalized spacial score (nSPS) is 12.5. The zero-order valence-corrected chi connectivity index (χ0v) is 8.57. The van der Waals surface area contributed by atoms with Crippen molar-refractivity contribution < 1.29 is 18.7 Å². The van der Waals surface area contributed by atoms with Gasteiger partial charge in [-0.2, -0.15) is 0 Å². The van der Waals surface area contributed by atoms with E-state index in [2.05, 4.69) is 4.74 Å². The van der Waals surface area contributed by atoms with E-state index in [0.717, 1.165) is 5.76 Å². The Balaban J connectivity index is 2.82. The van der Waals surface area contributed by atoms with Gasteiger partial charge in [0, 0.05) is 7.11 Å². The third kappa shape index (κ3) is 2.35. The average molecular weight is 198 g/mol. The molecule has 1 rings (SSSR count). The minimum absolute atomic E-state index is 0.264. The highest BCUT2D eigenvalue weighted by Crippen LogP contribution is 2.20. The summed E-state index contributed by atoms with van der Waals surface area (Å²) in [5.74, 6) is 0.529. The third-order valence-electron chi connectivity index (χ3n) is 1.92. The molecule has 0 aromatic carbocycles. The molecule has 1 unspecified atom stereocenters. The summed E-state index contributed by atoms with van der Waals surface area (Å²) in [6.45, 7) is 2.09. The maximum atomic E-state index is 11.3. The van der Waals surface area contributed by atoms with E-state index in [4.69, 9.17) is 9.15 Å². The van der Waals surface area contributed by atoms with Gasteiger partial charge in [-0.3, -0.25) is 4.79 Å². The molecule has 0 saturated carbocycles. The summed E-state index contributed by atoms with van der Waals surface area (Å²) in [7, 11) is 2.88. The number of esters is 1. The molecule has 0 spiro atoms. The molecule has 1 aromatic heterocycles. The van der Waals surface area contributed by atoms with Crippen LogP contribution in [-0.4, -0.2) is 26.8 Å². The van der Waals surface area contributed by atoms with Crippen LogP contribution in [0.25, 0.3) is 0 Å². The standard InChI is InChI=1S/C10H14O4/c1-7-4-5-9(14-7)8(6-12-2)10(11)13-3/h4-5,8H,6H2,1-3H3. The molecule has 0 N–H and O–H groups in total. The molecule has 0 radical (unpaired) electrons. The fourth-order valence-corrected chi connectivity index (χ4v) is 1.22. The fourth-order valence-electron chi connectivity index (χ4n) is 1.22. The van der Waals surface area contributed by atoms with Crippen LogP contribution in [0.1, 0.15) is 17.4 Å². The van der Waals surface area contributed by atoms with Crippen LogP contribution in [0.15, 0.2) is 16.5 Å². The van der Waals surface area contributed by atoms with Crippen LogP contribution in [0.4, 0.5) is 0 Å². The Hall–Kier alpha value is -1.29. The van der Waals surface area contributed by atoms with Gasteiger partial charge in [0.2, 0.25) is 0 Å². The van der Waals surface area contributed by atoms with Crippen molar-refractivity contribution in [2.45, 2.75) is 12.8 Å². The van der Waals surface area contributed by atoms with Crippen molar-refractivity contribution in [3.8, 4) is 0 Å². The maximum absolute atomic E-state index is 11.3. The fraction of sp³-hybridized carbons (Fsp3) is 0.500. The van der Waals surface area contributed by atoms with Gasteiger partial charge >= 0.3 is 5.97 Å². The largest absolute Gasteiger partial charge is 0.468 e. The van der Waals surface area contributed by atoms with Gasteiger partial charge < -0.3 is 13.9 Å². The van der Waals surface area contributed by atoms with Gasteiger partial charge in [-0.05, 0) is 19.1 Å². The Morgan fingerprint density at radius 3 is 2.64 bits per heavy atom. The lowest BCUT2D eigenvalue weighted by Crippen LogP contribution is -2.18. The summed E-state index contributed by atoms with van der Waals surface area (Å²) in [4.78, 5) is 11.3. The maximum Gasteiger partial charge on any atom is 0.318 e. The molecule has 0 aliphatic heterocycles. The van der Waals surface area contributed by atoms with Crippen LogP contribution >= 0.6 is 0 Å². The number of ether oxygens (including phenoxy) is 2. The number of methoxy groups -OCH3 is 2. The summed E-state index contributed by atoms with van der Waals surface area (Å²) in [6.07, 6.45) is 0. The second-order valence-corrected chi connectivity index (χ2v) is 2.98. The minimum atomic E-state index is -0.473. The molecule has 0 bridgehead atoms. The van der Waals surface area contributed by atoms with E-state index in [1.807, 2.05) is 6.92 Å². The topological polar surface area (TPSA) is 48.7 Å². The molecule has 14 heavy (non-hydrogen) atoms. The van der Waals surface area contributed by atoms with Crippen LogP contribution < -0.4 is 0 Å². The molecule has 1 aromatic rings. The smallest absolute Gasteiger partial charge is 0.318 e. The number of rotatable bonds is 4. The first-order valence-corrected chi connectivity index (χ1v) is 4.32. The molecule has 1 heterocycles. The Morgan fingerprint density at radius 1 is 1.50 bits per heavy atom. The van der Waals surface area contributed by atoms with Gasteiger partial charge in [0.1, 0.15) is 17.4 Å². The quantitative estimate of drug-likeness (QED) is 0.688. The molecule has 0 saturated heterocycles. The van der Waals surface area contributed by atoms with Crippen LogP contribution in [0.5, 0.6) is 0 Å². The molecule has 1 atom stereocenters. The van der Waals surface area contributed by atoms with Crippen LogP contribution in [-0.2, 0) is 14.3 Å². The predicted molar refractivity (Wildman–Crippen MR) is 50.1 cm³/mol. The molecule has 0 aliphatic rings. The highest BCUT2D eigenvalue weighted by Gasteiger charge is 2.24. The number of hydrogen-bond acceptors (Lipinski definition) is 4. The summed E-state index contributed by atoms with van der Waals surface area (Å²) >= 11 is 0. The Morgan fingerprint density at radius 2 is 2.21 bits per heavy atom. The van der Waals surface area contributed by atoms with Crippen LogP contribution in [0.3, 0.4) is 0 Å². The SMILES string of the molecule is COCC(C(=O)OC)c1ccc(C)o1. The van der Waals surface area contributed by atoms with Gasteiger partial charge in [0.05, 0.1) is 13.7 Å². The summed E-state index contributed by atoms with van der Waals surface area (Å²) in [5.41, 5.74) is 0. The third-order valence-corrected chi connectivity index (χ3v) is 1.92.